The molecule has 120 valence electrons. The summed E-state index contributed by atoms with van der Waals surface area (Å²) in [5.41, 5.74) is 0.989. The molecule has 0 saturated carbocycles. The minimum Gasteiger partial charge on any atom is -0.316 e. The van der Waals surface area contributed by atoms with E-state index in [4.69, 9.17) is 0 Å². The number of hydrogen-bond donors (Lipinski definition) is 1. The second kappa shape index (κ2) is 8.50. The highest BCUT2D eigenvalue weighted by molar-refractivity contribution is 5.20. The molecule has 2 nitrogen and oxygen atoms in total. The van der Waals surface area contributed by atoms with Gasteiger partial charge in [-0.15, -0.1) is 0 Å². The Labute approximate surface area is 129 Å². The van der Waals surface area contributed by atoms with E-state index in [0.29, 0.717) is 0 Å². The average molecular weight is 294 g/mol. The molecule has 0 fully saturated rings. The van der Waals surface area contributed by atoms with Crippen LogP contribution < -0.4 is 5.32 Å². The summed E-state index contributed by atoms with van der Waals surface area (Å²) in [7, 11) is 2.09. The van der Waals surface area contributed by atoms with Crippen LogP contribution >= 0.6 is 0 Å². The smallest absolute Gasteiger partial charge is 0.127 e. The summed E-state index contributed by atoms with van der Waals surface area (Å²) in [6.07, 6.45) is 2.26. The van der Waals surface area contributed by atoms with Gasteiger partial charge in [-0.3, -0.25) is 4.90 Å². The number of rotatable bonds is 9. The Hall–Kier alpha value is -0.930. The van der Waals surface area contributed by atoms with Crippen LogP contribution in [0.5, 0.6) is 0 Å². The van der Waals surface area contributed by atoms with E-state index in [1.54, 1.807) is 12.1 Å². The Bertz CT molecular complexity index is 421. The third-order valence-corrected chi connectivity index (χ3v) is 4.48. The molecule has 2 atom stereocenters. The van der Waals surface area contributed by atoms with Gasteiger partial charge in [-0.25, -0.2) is 4.39 Å². The van der Waals surface area contributed by atoms with Crippen molar-refractivity contribution in [2.24, 2.45) is 5.41 Å². The minimum absolute atomic E-state index is 0.0863. The Kier molecular flexibility index (Phi) is 7.33. The zero-order valence-electron chi connectivity index (χ0n) is 14.2. The molecule has 21 heavy (non-hydrogen) atoms. The molecule has 2 unspecified atom stereocenters. The van der Waals surface area contributed by atoms with Gasteiger partial charge in [-0.2, -0.15) is 0 Å². The van der Waals surface area contributed by atoms with Crippen molar-refractivity contribution >= 4 is 0 Å². The number of nitrogens with zero attached hydrogens (tertiary/aromatic N) is 1. The van der Waals surface area contributed by atoms with Gasteiger partial charge in [0.05, 0.1) is 0 Å². The van der Waals surface area contributed by atoms with Crippen LogP contribution in [0, 0.1) is 11.2 Å². The predicted molar refractivity (Wildman–Crippen MR) is 89.0 cm³/mol. The quantitative estimate of drug-likeness (QED) is 0.686. The first-order valence-corrected chi connectivity index (χ1v) is 8.09. The fourth-order valence-corrected chi connectivity index (χ4v) is 2.65. The summed E-state index contributed by atoms with van der Waals surface area (Å²) in [6.45, 7) is 11.8. The zero-order valence-corrected chi connectivity index (χ0v) is 14.2. The maximum atomic E-state index is 13.9. The molecule has 1 aromatic carbocycles. The molecule has 1 rings (SSSR count). The van der Waals surface area contributed by atoms with Crippen molar-refractivity contribution in [1.29, 1.82) is 0 Å². The third kappa shape index (κ3) is 5.40. The second-order valence-corrected chi connectivity index (χ2v) is 6.45. The topological polar surface area (TPSA) is 15.3 Å². The molecular formula is C18H31FN2. The normalized spacial score (nSPS) is 16.0. The number of benzene rings is 1. The summed E-state index contributed by atoms with van der Waals surface area (Å²) in [4.78, 5) is 2.26. The third-order valence-electron chi connectivity index (χ3n) is 4.48. The molecule has 0 aromatic heterocycles. The Morgan fingerprint density at radius 3 is 2.52 bits per heavy atom. The molecule has 0 heterocycles. The minimum atomic E-state index is -0.112. The van der Waals surface area contributed by atoms with Crippen molar-refractivity contribution in [2.75, 3.05) is 26.7 Å². The molecule has 3 heteroatoms. The molecule has 1 N–H and O–H groups in total. The molecule has 0 saturated heterocycles. The highest BCUT2D eigenvalue weighted by Gasteiger charge is 2.26. The van der Waals surface area contributed by atoms with Gasteiger partial charge >= 0.3 is 0 Å². The van der Waals surface area contributed by atoms with Gasteiger partial charge in [0.15, 0.2) is 0 Å². The average Bonchev–Trinajstić information content (AvgIpc) is 2.47. The van der Waals surface area contributed by atoms with Gasteiger partial charge < -0.3 is 5.32 Å². The van der Waals surface area contributed by atoms with Crippen LogP contribution in [-0.4, -0.2) is 31.6 Å². The lowest BCUT2D eigenvalue weighted by Gasteiger charge is -2.36. The Morgan fingerprint density at radius 2 is 1.95 bits per heavy atom. The zero-order chi connectivity index (χ0) is 15.9. The number of nitrogens with one attached hydrogen (secondary N) is 1. The monoisotopic (exact) mass is 294 g/mol. The molecule has 0 aliphatic rings. The van der Waals surface area contributed by atoms with Crippen LogP contribution in [0.4, 0.5) is 4.39 Å². The highest BCUT2D eigenvalue weighted by Crippen LogP contribution is 2.27. The highest BCUT2D eigenvalue weighted by atomic mass is 19.1. The van der Waals surface area contributed by atoms with Gasteiger partial charge in [-0.05, 0) is 44.8 Å². The first kappa shape index (κ1) is 18.1. The van der Waals surface area contributed by atoms with Crippen molar-refractivity contribution in [3.05, 3.63) is 35.6 Å². The molecule has 1 aromatic rings. The summed E-state index contributed by atoms with van der Waals surface area (Å²) in [5.74, 6) is -0.112. The van der Waals surface area contributed by atoms with Crippen molar-refractivity contribution in [2.45, 2.75) is 46.6 Å². The first-order chi connectivity index (χ1) is 9.93. The van der Waals surface area contributed by atoms with E-state index in [1.165, 1.54) is 0 Å². The van der Waals surface area contributed by atoms with Crippen molar-refractivity contribution in [1.82, 2.24) is 10.2 Å². The lowest BCUT2D eigenvalue weighted by molar-refractivity contribution is 0.146. The van der Waals surface area contributed by atoms with E-state index in [-0.39, 0.29) is 17.3 Å². The predicted octanol–water partition coefficient (Wildman–Crippen LogP) is 4.23. The standard InChI is InChI=1S/C18H31FN2/c1-6-12-20-13-18(4,7-2)14-21(5)15(3)16-10-8-9-11-17(16)19/h8-11,15,20H,6-7,12-14H2,1-5H3. The van der Waals surface area contributed by atoms with E-state index in [0.717, 1.165) is 38.0 Å². The van der Waals surface area contributed by atoms with Gasteiger partial charge in [0.1, 0.15) is 5.82 Å². The number of halogens is 1. The summed E-state index contributed by atoms with van der Waals surface area (Å²) in [5, 5.41) is 3.52. The van der Waals surface area contributed by atoms with Gasteiger partial charge in [0.2, 0.25) is 0 Å². The molecule has 0 spiro atoms. The Balaban J connectivity index is 2.69. The van der Waals surface area contributed by atoms with Crippen LogP contribution in [0.1, 0.15) is 52.1 Å². The summed E-state index contributed by atoms with van der Waals surface area (Å²) < 4.78 is 13.9. The maximum Gasteiger partial charge on any atom is 0.127 e. The van der Waals surface area contributed by atoms with E-state index >= 15 is 0 Å². The van der Waals surface area contributed by atoms with Crippen LogP contribution in [0.15, 0.2) is 24.3 Å². The Morgan fingerprint density at radius 1 is 1.29 bits per heavy atom. The first-order valence-electron chi connectivity index (χ1n) is 8.09. The molecule has 0 radical (unpaired) electrons. The van der Waals surface area contributed by atoms with Crippen molar-refractivity contribution in [3.8, 4) is 0 Å². The molecule has 0 aliphatic heterocycles. The molecule has 0 amide bonds. The van der Waals surface area contributed by atoms with Crippen LogP contribution in [0.2, 0.25) is 0 Å². The van der Waals surface area contributed by atoms with Crippen LogP contribution in [0.25, 0.3) is 0 Å². The van der Waals surface area contributed by atoms with E-state index in [1.807, 2.05) is 12.1 Å². The fraction of sp³-hybridized carbons (Fsp3) is 0.667. The van der Waals surface area contributed by atoms with E-state index in [9.17, 15) is 4.39 Å². The molecule has 0 aliphatic carbocycles. The van der Waals surface area contributed by atoms with Gasteiger partial charge in [0, 0.05) is 24.7 Å². The van der Waals surface area contributed by atoms with Crippen LogP contribution in [0.3, 0.4) is 0 Å². The largest absolute Gasteiger partial charge is 0.316 e. The number of hydrogen-bond acceptors (Lipinski definition) is 2. The van der Waals surface area contributed by atoms with Gasteiger partial charge in [-0.1, -0.05) is 39.0 Å². The lowest BCUT2D eigenvalue weighted by Crippen LogP contribution is -2.41. The molecular weight excluding hydrogens is 263 g/mol. The van der Waals surface area contributed by atoms with Crippen molar-refractivity contribution in [3.63, 3.8) is 0 Å². The SMILES string of the molecule is CCCNCC(C)(CC)CN(C)C(C)c1ccccc1F. The van der Waals surface area contributed by atoms with E-state index in [2.05, 4.69) is 45.0 Å². The fourth-order valence-electron chi connectivity index (χ4n) is 2.65. The maximum absolute atomic E-state index is 13.9. The second-order valence-electron chi connectivity index (χ2n) is 6.45. The van der Waals surface area contributed by atoms with E-state index < -0.39 is 0 Å². The molecule has 0 bridgehead atoms. The van der Waals surface area contributed by atoms with Gasteiger partial charge in [0.25, 0.3) is 0 Å². The van der Waals surface area contributed by atoms with Crippen molar-refractivity contribution < 1.29 is 4.39 Å². The summed E-state index contributed by atoms with van der Waals surface area (Å²) >= 11 is 0. The summed E-state index contributed by atoms with van der Waals surface area (Å²) in [6, 6.07) is 7.17. The van der Waals surface area contributed by atoms with Crippen LogP contribution in [-0.2, 0) is 0 Å². The lowest BCUT2D eigenvalue weighted by atomic mass is 9.86.